The maximum atomic E-state index is 6.06. The zero-order chi connectivity index (χ0) is 23.5. The number of piperidine rings is 1. The third kappa shape index (κ3) is 4.90. The van der Waals surface area contributed by atoms with Gasteiger partial charge in [0, 0.05) is 63.1 Å². The first-order valence-electron chi connectivity index (χ1n) is 12.2. The Labute approximate surface area is 204 Å². The molecule has 5 heterocycles. The zero-order valence-electron chi connectivity index (χ0n) is 19.6. The molecule has 0 spiro atoms. The van der Waals surface area contributed by atoms with E-state index in [4.69, 9.17) is 9.26 Å². The molecule has 0 saturated carbocycles. The fourth-order valence-corrected chi connectivity index (χ4v) is 5.08. The van der Waals surface area contributed by atoms with Crippen LogP contribution in [-0.4, -0.2) is 63.8 Å². The van der Waals surface area contributed by atoms with E-state index in [-0.39, 0.29) is 0 Å². The van der Waals surface area contributed by atoms with Gasteiger partial charge in [-0.25, -0.2) is 15.0 Å². The van der Waals surface area contributed by atoms with Crippen LogP contribution >= 0.6 is 0 Å². The molecule has 4 aromatic rings. The Kier molecular flexibility index (Phi) is 6.15. The minimum Gasteiger partial charge on any atom is -0.477 e. The van der Waals surface area contributed by atoms with Gasteiger partial charge in [-0.15, -0.1) is 0 Å². The lowest BCUT2D eigenvalue weighted by atomic mass is 9.91. The predicted octanol–water partition coefficient (Wildman–Crippen LogP) is 3.60. The van der Waals surface area contributed by atoms with Crippen LogP contribution in [0.3, 0.4) is 0 Å². The number of hydrogen-bond donors (Lipinski definition) is 1. The quantitative estimate of drug-likeness (QED) is 0.434. The van der Waals surface area contributed by atoms with E-state index >= 15 is 0 Å². The highest BCUT2D eigenvalue weighted by Gasteiger charge is 2.34. The fraction of sp³-hybridized carbons (Fsp3) is 0.385. The Morgan fingerprint density at radius 1 is 1.03 bits per heavy atom. The van der Waals surface area contributed by atoms with E-state index in [2.05, 4.69) is 41.3 Å². The van der Waals surface area contributed by atoms with Gasteiger partial charge in [-0.2, -0.15) is 0 Å². The van der Waals surface area contributed by atoms with Crippen molar-refractivity contribution >= 4 is 22.6 Å². The molecule has 9 nitrogen and oxygen atoms in total. The Hall–Kier alpha value is -3.72. The molecule has 1 N–H and O–H groups in total. The molecule has 9 heteroatoms. The van der Waals surface area contributed by atoms with Crippen LogP contribution in [0.1, 0.15) is 18.4 Å². The molecule has 180 valence electrons. The second-order valence-electron chi connectivity index (χ2n) is 9.30. The van der Waals surface area contributed by atoms with Gasteiger partial charge in [0.05, 0.1) is 12.0 Å². The first-order valence-corrected chi connectivity index (χ1v) is 12.2. The second kappa shape index (κ2) is 9.87. The number of pyridine rings is 1. The Morgan fingerprint density at radius 2 is 2.00 bits per heavy atom. The Balaban J connectivity index is 0.981. The van der Waals surface area contributed by atoms with Gasteiger partial charge < -0.3 is 19.5 Å². The van der Waals surface area contributed by atoms with Crippen molar-refractivity contribution in [3.05, 3.63) is 66.7 Å². The summed E-state index contributed by atoms with van der Waals surface area (Å²) in [5.41, 5.74) is 1.93. The molecule has 0 amide bonds. The number of anilines is 2. The summed E-state index contributed by atoms with van der Waals surface area (Å²) in [5, 5.41) is 8.73. The largest absolute Gasteiger partial charge is 0.477 e. The Bertz CT molecular complexity index is 1250. The predicted molar refractivity (Wildman–Crippen MR) is 133 cm³/mol. The van der Waals surface area contributed by atoms with Gasteiger partial charge in [0.25, 0.3) is 0 Å². The average Bonchev–Trinajstić information content (AvgIpc) is 3.36. The summed E-state index contributed by atoms with van der Waals surface area (Å²) in [6.07, 6.45) is 7.43. The average molecular weight is 472 g/mol. The number of ether oxygens (including phenoxy) is 1. The smallest absolute Gasteiger partial charge is 0.213 e. The number of para-hydroxylation sites is 1. The molecule has 0 aliphatic carbocycles. The number of fused-ring (bicyclic) bond motifs is 2. The molecular formula is C26H29N7O2. The normalized spacial score (nSPS) is 20.5. The standard InChI is InChI=1S/C26H29N7O2/c1-2-4-23-22(3-1)26(31-35-23)33-12-11-32-15-20(5-7-21(32)16-33)17-34-25-8-6-19(14-29-25)13-28-24-9-10-27-18-30-24/h1-4,6,8-10,14,18,20-21H,5,7,11-13,15-17H2,(H,27,28,30)/t20-,21-/m1/s1. The first kappa shape index (κ1) is 21.8. The molecule has 2 aliphatic heterocycles. The maximum Gasteiger partial charge on any atom is 0.213 e. The van der Waals surface area contributed by atoms with E-state index < -0.39 is 0 Å². The van der Waals surface area contributed by atoms with Crippen molar-refractivity contribution in [2.45, 2.75) is 25.4 Å². The van der Waals surface area contributed by atoms with Crippen LogP contribution in [0.5, 0.6) is 5.88 Å². The molecule has 0 unspecified atom stereocenters. The van der Waals surface area contributed by atoms with E-state index in [1.54, 1.807) is 6.20 Å². The van der Waals surface area contributed by atoms with Gasteiger partial charge in [-0.05, 0) is 36.6 Å². The molecule has 2 saturated heterocycles. The number of piperazine rings is 1. The lowest BCUT2D eigenvalue weighted by Crippen LogP contribution is -2.57. The van der Waals surface area contributed by atoms with Gasteiger partial charge in [0.15, 0.2) is 11.4 Å². The maximum absolute atomic E-state index is 6.06. The van der Waals surface area contributed by atoms with Crippen molar-refractivity contribution in [2.75, 3.05) is 43.0 Å². The van der Waals surface area contributed by atoms with Crippen LogP contribution in [0.25, 0.3) is 11.0 Å². The third-order valence-corrected chi connectivity index (χ3v) is 6.98. The molecule has 2 fully saturated rings. The van der Waals surface area contributed by atoms with Gasteiger partial charge in [0.1, 0.15) is 12.1 Å². The second-order valence-corrected chi connectivity index (χ2v) is 9.30. The molecule has 6 rings (SSSR count). The van der Waals surface area contributed by atoms with Crippen molar-refractivity contribution in [3.63, 3.8) is 0 Å². The van der Waals surface area contributed by atoms with Crippen LogP contribution in [0.2, 0.25) is 0 Å². The highest BCUT2D eigenvalue weighted by molar-refractivity contribution is 5.88. The van der Waals surface area contributed by atoms with Crippen LogP contribution in [0, 0.1) is 5.92 Å². The molecule has 35 heavy (non-hydrogen) atoms. The number of rotatable bonds is 7. The fourth-order valence-electron chi connectivity index (χ4n) is 5.08. The van der Waals surface area contributed by atoms with Crippen molar-refractivity contribution in [1.82, 2.24) is 25.0 Å². The summed E-state index contributed by atoms with van der Waals surface area (Å²) in [5.74, 6) is 2.98. The molecule has 0 radical (unpaired) electrons. The number of benzene rings is 1. The lowest BCUT2D eigenvalue weighted by molar-refractivity contribution is 0.0717. The monoisotopic (exact) mass is 471 g/mol. The number of aromatic nitrogens is 4. The molecule has 3 aromatic heterocycles. The minimum atomic E-state index is 0.520. The summed E-state index contributed by atoms with van der Waals surface area (Å²) in [6, 6.07) is 14.5. The van der Waals surface area contributed by atoms with Crippen LogP contribution < -0.4 is 15.0 Å². The van der Waals surface area contributed by atoms with Crippen LogP contribution in [0.15, 0.2) is 65.7 Å². The number of nitrogens with zero attached hydrogens (tertiary/aromatic N) is 6. The highest BCUT2D eigenvalue weighted by Crippen LogP contribution is 2.31. The van der Waals surface area contributed by atoms with E-state index in [1.165, 1.54) is 12.7 Å². The van der Waals surface area contributed by atoms with Gasteiger partial charge in [-0.3, -0.25) is 4.90 Å². The van der Waals surface area contributed by atoms with Gasteiger partial charge in [0.2, 0.25) is 5.88 Å². The summed E-state index contributed by atoms with van der Waals surface area (Å²) >= 11 is 0. The molecule has 1 aromatic carbocycles. The first-order chi connectivity index (χ1) is 17.3. The Morgan fingerprint density at radius 3 is 2.89 bits per heavy atom. The summed E-state index contributed by atoms with van der Waals surface area (Å²) in [7, 11) is 0. The zero-order valence-corrected chi connectivity index (χ0v) is 19.6. The molecular weight excluding hydrogens is 442 g/mol. The molecule has 2 atom stereocenters. The van der Waals surface area contributed by atoms with E-state index in [0.29, 0.717) is 31.0 Å². The van der Waals surface area contributed by atoms with Crippen molar-refractivity contribution in [3.8, 4) is 5.88 Å². The summed E-state index contributed by atoms with van der Waals surface area (Å²) in [6.45, 7) is 5.42. The van der Waals surface area contributed by atoms with Crippen LogP contribution in [-0.2, 0) is 6.54 Å². The third-order valence-electron chi connectivity index (χ3n) is 6.98. The summed E-state index contributed by atoms with van der Waals surface area (Å²) in [4.78, 5) is 17.6. The van der Waals surface area contributed by atoms with E-state index in [1.807, 2.05) is 42.6 Å². The van der Waals surface area contributed by atoms with Crippen molar-refractivity contribution in [2.24, 2.45) is 5.92 Å². The molecule has 0 bridgehead atoms. The van der Waals surface area contributed by atoms with Gasteiger partial charge in [-0.1, -0.05) is 23.4 Å². The lowest BCUT2D eigenvalue weighted by Gasteiger charge is -2.46. The minimum absolute atomic E-state index is 0.520. The van der Waals surface area contributed by atoms with Gasteiger partial charge >= 0.3 is 0 Å². The molecule has 2 aliphatic rings. The SMILES string of the molecule is c1ccc2c(N3CCN4C[C@H](COc5ccc(CNc6ccncn6)cn5)CC[C@@H]4C3)noc2c1. The van der Waals surface area contributed by atoms with Crippen molar-refractivity contribution < 1.29 is 9.26 Å². The highest BCUT2D eigenvalue weighted by atomic mass is 16.5. The van der Waals surface area contributed by atoms with E-state index in [0.717, 1.165) is 60.8 Å². The summed E-state index contributed by atoms with van der Waals surface area (Å²) < 4.78 is 11.6. The topological polar surface area (TPSA) is 92.4 Å². The number of nitrogens with one attached hydrogen (secondary N) is 1. The number of hydrogen-bond acceptors (Lipinski definition) is 9. The van der Waals surface area contributed by atoms with Crippen molar-refractivity contribution in [1.29, 1.82) is 0 Å². The van der Waals surface area contributed by atoms with Crippen LogP contribution in [0.4, 0.5) is 11.6 Å². The van der Waals surface area contributed by atoms with E-state index in [9.17, 15) is 0 Å².